The second-order valence-electron chi connectivity index (χ2n) is 4.99. The maximum atomic E-state index is 12.9. The van der Waals surface area contributed by atoms with Gasteiger partial charge in [-0.15, -0.1) is 0 Å². The Morgan fingerprint density at radius 3 is 2.50 bits per heavy atom. The number of carbonyl (C=O) groups is 2. The van der Waals surface area contributed by atoms with Crippen LogP contribution in [-0.4, -0.2) is 25.5 Å². The molecule has 0 aliphatic rings. The number of nitrogens with one attached hydrogen (secondary N) is 1. The van der Waals surface area contributed by atoms with Crippen molar-refractivity contribution in [3.63, 3.8) is 0 Å². The number of methoxy groups -OCH3 is 1. The van der Waals surface area contributed by atoms with Gasteiger partial charge in [0.1, 0.15) is 18.2 Å². The lowest BCUT2D eigenvalue weighted by Crippen LogP contribution is -2.26. The second-order valence-corrected chi connectivity index (χ2v) is 4.99. The Kier molecular flexibility index (Phi) is 6.31. The number of ether oxygens (including phenoxy) is 2. The Labute approximate surface area is 139 Å². The third-order valence-corrected chi connectivity index (χ3v) is 3.28. The molecule has 0 saturated carbocycles. The van der Waals surface area contributed by atoms with Gasteiger partial charge in [0.2, 0.25) is 0 Å². The molecule has 0 atom stereocenters. The van der Waals surface area contributed by atoms with Gasteiger partial charge >= 0.3 is 5.97 Å². The third kappa shape index (κ3) is 5.08. The summed E-state index contributed by atoms with van der Waals surface area (Å²) in [6.07, 6.45) is 0.0981. The highest BCUT2D eigenvalue weighted by atomic mass is 19.1. The summed E-state index contributed by atoms with van der Waals surface area (Å²) < 4.78 is 23.1. The summed E-state index contributed by atoms with van der Waals surface area (Å²) in [5, 5.41) is 2.64. The first-order valence-corrected chi connectivity index (χ1v) is 7.41. The Balaban J connectivity index is 1.97. The van der Waals surface area contributed by atoms with Gasteiger partial charge in [0.15, 0.2) is 0 Å². The van der Waals surface area contributed by atoms with Gasteiger partial charge in [0.25, 0.3) is 5.91 Å². The van der Waals surface area contributed by atoms with Crippen LogP contribution in [0.4, 0.5) is 4.39 Å². The normalized spacial score (nSPS) is 10.1. The number of esters is 1. The molecule has 0 saturated heterocycles. The van der Waals surface area contributed by atoms with Gasteiger partial charge in [0.05, 0.1) is 19.1 Å². The minimum atomic E-state index is -0.392. The zero-order valence-corrected chi connectivity index (χ0v) is 13.3. The highest BCUT2D eigenvalue weighted by Gasteiger charge is 2.12. The van der Waals surface area contributed by atoms with E-state index in [4.69, 9.17) is 4.74 Å². The number of para-hydroxylation sites is 1. The molecule has 0 aromatic heterocycles. The molecule has 1 amide bonds. The summed E-state index contributed by atoms with van der Waals surface area (Å²) in [6.45, 7) is 0.393. The summed E-state index contributed by atoms with van der Waals surface area (Å²) in [5.74, 6) is -0.633. The van der Waals surface area contributed by atoms with E-state index in [0.29, 0.717) is 11.3 Å². The molecule has 24 heavy (non-hydrogen) atoms. The summed E-state index contributed by atoms with van der Waals surface area (Å²) in [7, 11) is 1.29. The molecule has 0 aliphatic heterocycles. The van der Waals surface area contributed by atoms with E-state index in [-0.39, 0.29) is 31.3 Å². The molecule has 2 aromatic carbocycles. The number of hydrogen-bond acceptors (Lipinski definition) is 4. The van der Waals surface area contributed by atoms with Crippen molar-refractivity contribution >= 4 is 11.9 Å². The summed E-state index contributed by atoms with van der Waals surface area (Å²) in [5.41, 5.74) is 1.15. The van der Waals surface area contributed by atoms with E-state index < -0.39 is 5.97 Å². The summed E-state index contributed by atoms with van der Waals surface area (Å²) in [4.78, 5) is 23.3. The van der Waals surface area contributed by atoms with Crippen LogP contribution >= 0.6 is 0 Å². The Morgan fingerprint density at radius 1 is 1.08 bits per heavy atom. The van der Waals surface area contributed by atoms with E-state index in [1.54, 1.807) is 36.4 Å². The molecule has 0 bridgehead atoms. The Bertz CT molecular complexity index is 700. The molecular formula is C18H18FNO4. The van der Waals surface area contributed by atoms with E-state index in [0.717, 1.165) is 5.56 Å². The standard InChI is InChI=1S/C18H18FNO4/c1-23-17(21)10-11-20-18(22)15-4-2-3-5-16(15)24-12-13-6-8-14(19)9-7-13/h2-9H,10-12H2,1H3,(H,20,22). The fourth-order valence-electron chi connectivity index (χ4n) is 2.00. The van der Waals surface area contributed by atoms with E-state index in [1.165, 1.54) is 19.2 Å². The van der Waals surface area contributed by atoms with Gasteiger partial charge in [-0.3, -0.25) is 9.59 Å². The van der Waals surface area contributed by atoms with Crippen LogP contribution in [0.25, 0.3) is 0 Å². The molecule has 0 spiro atoms. The van der Waals surface area contributed by atoms with Crippen LogP contribution in [0.2, 0.25) is 0 Å². The SMILES string of the molecule is COC(=O)CCNC(=O)c1ccccc1OCc1ccc(F)cc1. The predicted molar refractivity (Wildman–Crippen MR) is 86.1 cm³/mol. The quantitative estimate of drug-likeness (QED) is 0.792. The number of hydrogen-bond donors (Lipinski definition) is 1. The molecule has 0 heterocycles. The molecule has 0 fully saturated rings. The minimum absolute atomic E-state index is 0.0981. The first-order valence-electron chi connectivity index (χ1n) is 7.41. The van der Waals surface area contributed by atoms with Crippen molar-refractivity contribution in [1.82, 2.24) is 5.32 Å². The number of benzene rings is 2. The molecular weight excluding hydrogens is 313 g/mol. The van der Waals surface area contributed by atoms with Crippen molar-refractivity contribution in [3.8, 4) is 5.75 Å². The lowest BCUT2D eigenvalue weighted by molar-refractivity contribution is -0.140. The van der Waals surface area contributed by atoms with E-state index in [2.05, 4.69) is 10.1 Å². The number of carbonyl (C=O) groups excluding carboxylic acids is 2. The van der Waals surface area contributed by atoms with Crippen molar-refractivity contribution < 1.29 is 23.5 Å². The van der Waals surface area contributed by atoms with Gasteiger partial charge in [0, 0.05) is 6.54 Å². The van der Waals surface area contributed by atoms with Crippen molar-refractivity contribution in [1.29, 1.82) is 0 Å². The maximum Gasteiger partial charge on any atom is 0.307 e. The highest BCUT2D eigenvalue weighted by Crippen LogP contribution is 2.19. The monoisotopic (exact) mass is 331 g/mol. The van der Waals surface area contributed by atoms with Gasteiger partial charge < -0.3 is 14.8 Å². The van der Waals surface area contributed by atoms with Crippen LogP contribution in [-0.2, 0) is 16.1 Å². The smallest absolute Gasteiger partial charge is 0.307 e. The maximum absolute atomic E-state index is 12.9. The van der Waals surface area contributed by atoms with Gasteiger partial charge in [-0.25, -0.2) is 4.39 Å². The fraction of sp³-hybridized carbons (Fsp3) is 0.222. The molecule has 1 N–H and O–H groups in total. The number of amides is 1. The molecule has 0 unspecified atom stereocenters. The van der Waals surface area contributed by atoms with Crippen LogP contribution in [0.3, 0.4) is 0 Å². The topological polar surface area (TPSA) is 64.6 Å². The highest BCUT2D eigenvalue weighted by molar-refractivity contribution is 5.97. The molecule has 6 heteroatoms. The van der Waals surface area contributed by atoms with Gasteiger partial charge in [-0.1, -0.05) is 24.3 Å². The molecule has 0 aliphatic carbocycles. The number of halogens is 1. The van der Waals surface area contributed by atoms with Gasteiger partial charge in [-0.2, -0.15) is 0 Å². The second kappa shape index (κ2) is 8.67. The van der Waals surface area contributed by atoms with E-state index in [1.807, 2.05) is 0 Å². The molecule has 126 valence electrons. The average Bonchev–Trinajstić information content (AvgIpc) is 2.61. The van der Waals surface area contributed by atoms with Gasteiger partial charge in [-0.05, 0) is 29.8 Å². The zero-order valence-electron chi connectivity index (χ0n) is 13.3. The first-order chi connectivity index (χ1) is 11.6. The summed E-state index contributed by atoms with van der Waals surface area (Å²) >= 11 is 0. The van der Waals surface area contributed by atoms with Crippen LogP contribution < -0.4 is 10.1 Å². The molecule has 2 rings (SSSR count). The Hall–Kier alpha value is -2.89. The predicted octanol–water partition coefficient (Wildman–Crippen LogP) is 2.70. The van der Waals surface area contributed by atoms with E-state index >= 15 is 0 Å². The van der Waals surface area contributed by atoms with Crippen LogP contribution in [0.5, 0.6) is 5.75 Å². The minimum Gasteiger partial charge on any atom is -0.488 e. The fourth-order valence-corrected chi connectivity index (χ4v) is 2.00. The largest absolute Gasteiger partial charge is 0.488 e. The van der Waals surface area contributed by atoms with Crippen molar-refractivity contribution in [2.24, 2.45) is 0 Å². The molecule has 5 nitrogen and oxygen atoms in total. The lowest BCUT2D eigenvalue weighted by atomic mass is 10.2. The van der Waals surface area contributed by atoms with E-state index in [9.17, 15) is 14.0 Å². The molecule has 2 aromatic rings. The van der Waals surface area contributed by atoms with Crippen LogP contribution in [0.15, 0.2) is 48.5 Å². The number of rotatable bonds is 7. The average molecular weight is 331 g/mol. The Morgan fingerprint density at radius 2 is 1.79 bits per heavy atom. The van der Waals surface area contributed by atoms with Crippen molar-refractivity contribution in [3.05, 3.63) is 65.5 Å². The molecule has 0 radical (unpaired) electrons. The van der Waals surface area contributed by atoms with Crippen LogP contribution in [0.1, 0.15) is 22.3 Å². The zero-order chi connectivity index (χ0) is 17.4. The first kappa shape index (κ1) is 17.5. The lowest BCUT2D eigenvalue weighted by Gasteiger charge is -2.11. The third-order valence-electron chi connectivity index (χ3n) is 3.28. The van der Waals surface area contributed by atoms with Crippen LogP contribution in [0, 0.1) is 5.82 Å². The van der Waals surface area contributed by atoms with Crippen molar-refractivity contribution in [2.75, 3.05) is 13.7 Å². The summed E-state index contributed by atoms with van der Waals surface area (Å²) in [6, 6.07) is 12.7. The van der Waals surface area contributed by atoms with Crippen molar-refractivity contribution in [2.45, 2.75) is 13.0 Å².